The van der Waals surface area contributed by atoms with Crippen LogP contribution in [0.3, 0.4) is 0 Å². The summed E-state index contributed by atoms with van der Waals surface area (Å²) >= 11 is 0. The van der Waals surface area contributed by atoms with Crippen molar-refractivity contribution < 1.29 is 14.3 Å². The normalized spacial score (nSPS) is 11.0. The maximum Gasteiger partial charge on any atom is 0.309 e. The molecular formula is C14H12N2O3. The zero-order chi connectivity index (χ0) is 13.4. The average Bonchev–Trinajstić information content (AvgIpc) is 2.92. The summed E-state index contributed by atoms with van der Waals surface area (Å²) in [5.74, 6) is -0.887. The molecule has 0 atom stereocenters. The smallest absolute Gasteiger partial charge is 0.309 e. The Morgan fingerprint density at radius 3 is 3.00 bits per heavy atom. The third-order valence-electron chi connectivity index (χ3n) is 3.02. The van der Waals surface area contributed by atoms with Gasteiger partial charge in [-0.2, -0.15) is 5.10 Å². The molecule has 0 amide bonds. The highest BCUT2D eigenvalue weighted by molar-refractivity contribution is 5.93. The van der Waals surface area contributed by atoms with Crippen molar-refractivity contribution in [2.45, 2.75) is 6.42 Å². The molecular weight excluding hydrogens is 244 g/mol. The largest absolute Gasteiger partial charge is 0.481 e. The van der Waals surface area contributed by atoms with Crippen LogP contribution in [0.25, 0.3) is 22.2 Å². The first kappa shape index (κ1) is 11.5. The van der Waals surface area contributed by atoms with Gasteiger partial charge in [0.15, 0.2) is 0 Å². The number of carboxylic acids is 1. The van der Waals surface area contributed by atoms with Crippen LogP contribution in [0, 0.1) is 0 Å². The number of furan rings is 1. The molecule has 19 heavy (non-hydrogen) atoms. The van der Waals surface area contributed by atoms with Crippen LogP contribution in [0.2, 0.25) is 0 Å². The predicted molar refractivity (Wildman–Crippen MR) is 69.8 cm³/mol. The van der Waals surface area contributed by atoms with E-state index in [0.29, 0.717) is 5.69 Å². The Morgan fingerprint density at radius 1 is 1.42 bits per heavy atom. The molecule has 96 valence electrons. The van der Waals surface area contributed by atoms with E-state index in [2.05, 4.69) is 5.10 Å². The quantitative estimate of drug-likeness (QED) is 0.781. The van der Waals surface area contributed by atoms with Gasteiger partial charge in [-0.1, -0.05) is 18.2 Å². The van der Waals surface area contributed by atoms with Gasteiger partial charge in [0.2, 0.25) is 0 Å². The van der Waals surface area contributed by atoms with E-state index in [1.165, 1.54) is 0 Å². The molecule has 5 heteroatoms. The number of benzene rings is 1. The highest BCUT2D eigenvalue weighted by atomic mass is 16.4. The standard InChI is InChI=1S/C14H12N2O3/c1-16-12(6-9(15-16)7-14(17)18)11-8-19-13-5-3-2-4-10(11)13/h2-6,8H,7H2,1H3,(H,17,18). The summed E-state index contributed by atoms with van der Waals surface area (Å²) in [6.07, 6.45) is 1.59. The molecule has 0 bridgehead atoms. The van der Waals surface area contributed by atoms with E-state index >= 15 is 0 Å². The van der Waals surface area contributed by atoms with Crippen LogP contribution in [0.4, 0.5) is 0 Å². The molecule has 0 saturated heterocycles. The second kappa shape index (κ2) is 4.28. The minimum absolute atomic E-state index is 0.0797. The van der Waals surface area contributed by atoms with Crippen molar-refractivity contribution in [1.29, 1.82) is 0 Å². The van der Waals surface area contributed by atoms with Gasteiger partial charge >= 0.3 is 5.97 Å². The molecule has 2 heterocycles. The molecule has 1 N–H and O–H groups in total. The van der Waals surface area contributed by atoms with Gasteiger partial charge in [-0.25, -0.2) is 0 Å². The van der Waals surface area contributed by atoms with E-state index in [4.69, 9.17) is 9.52 Å². The monoisotopic (exact) mass is 256 g/mol. The number of aromatic nitrogens is 2. The zero-order valence-corrected chi connectivity index (χ0v) is 10.3. The van der Waals surface area contributed by atoms with E-state index in [1.807, 2.05) is 24.3 Å². The molecule has 5 nitrogen and oxygen atoms in total. The first-order valence-electron chi connectivity index (χ1n) is 5.86. The molecule has 2 aromatic heterocycles. The number of aryl methyl sites for hydroxylation is 1. The molecule has 1 aromatic carbocycles. The molecule has 0 unspecified atom stereocenters. The summed E-state index contributed by atoms with van der Waals surface area (Å²) in [4.78, 5) is 10.7. The van der Waals surface area contributed by atoms with Crippen molar-refractivity contribution in [2.24, 2.45) is 7.05 Å². The molecule has 0 aliphatic heterocycles. The van der Waals surface area contributed by atoms with Gasteiger partial charge in [-0.05, 0) is 12.1 Å². The number of aliphatic carboxylic acids is 1. The lowest BCUT2D eigenvalue weighted by Crippen LogP contribution is -2.01. The second-order valence-corrected chi connectivity index (χ2v) is 4.36. The topological polar surface area (TPSA) is 68.3 Å². The van der Waals surface area contributed by atoms with Crippen molar-refractivity contribution in [1.82, 2.24) is 9.78 Å². The zero-order valence-electron chi connectivity index (χ0n) is 10.3. The van der Waals surface area contributed by atoms with Crippen LogP contribution in [0.15, 0.2) is 41.0 Å². The van der Waals surface area contributed by atoms with E-state index in [1.54, 1.807) is 24.1 Å². The maximum absolute atomic E-state index is 10.7. The molecule has 0 aliphatic rings. The third-order valence-corrected chi connectivity index (χ3v) is 3.02. The summed E-state index contributed by atoms with van der Waals surface area (Å²) in [5.41, 5.74) is 3.11. The fourth-order valence-electron chi connectivity index (χ4n) is 2.20. The predicted octanol–water partition coefficient (Wildman–Crippen LogP) is 2.46. The van der Waals surface area contributed by atoms with Crippen molar-refractivity contribution in [3.05, 3.63) is 42.3 Å². The number of para-hydroxylation sites is 1. The number of hydrogen-bond donors (Lipinski definition) is 1. The number of carboxylic acid groups (broad SMARTS) is 1. The van der Waals surface area contributed by atoms with Crippen LogP contribution in [-0.2, 0) is 18.3 Å². The van der Waals surface area contributed by atoms with Gasteiger partial charge in [0.25, 0.3) is 0 Å². The third kappa shape index (κ3) is 1.99. The van der Waals surface area contributed by atoms with Crippen molar-refractivity contribution in [2.75, 3.05) is 0 Å². The Hall–Kier alpha value is -2.56. The highest BCUT2D eigenvalue weighted by Crippen LogP contribution is 2.30. The number of nitrogens with zero attached hydrogens (tertiary/aromatic N) is 2. The van der Waals surface area contributed by atoms with E-state index in [9.17, 15) is 4.79 Å². The van der Waals surface area contributed by atoms with E-state index < -0.39 is 5.97 Å². The molecule has 3 aromatic rings. The van der Waals surface area contributed by atoms with Gasteiger partial charge in [0, 0.05) is 18.0 Å². The van der Waals surface area contributed by atoms with E-state index in [0.717, 1.165) is 22.2 Å². The van der Waals surface area contributed by atoms with Gasteiger partial charge in [0.1, 0.15) is 11.8 Å². The van der Waals surface area contributed by atoms with Gasteiger partial charge in [0.05, 0.1) is 17.8 Å². The minimum atomic E-state index is -0.887. The fraction of sp³-hybridized carbons (Fsp3) is 0.143. The summed E-state index contributed by atoms with van der Waals surface area (Å²) in [7, 11) is 1.79. The van der Waals surface area contributed by atoms with Gasteiger partial charge < -0.3 is 9.52 Å². The second-order valence-electron chi connectivity index (χ2n) is 4.36. The number of fused-ring (bicyclic) bond motifs is 1. The van der Waals surface area contributed by atoms with Crippen molar-refractivity contribution in [3.8, 4) is 11.3 Å². The maximum atomic E-state index is 10.7. The first-order valence-corrected chi connectivity index (χ1v) is 5.86. The summed E-state index contributed by atoms with van der Waals surface area (Å²) < 4.78 is 7.17. The number of carbonyl (C=O) groups is 1. The summed E-state index contributed by atoms with van der Waals surface area (Å²) in [6, 6.07) is 9.50. The number of rotatable bonds is 3. The minimum Gasteiger partial charge on any atom is -0.481 e. The fourth-order valence-corrected chi connectivity index (χ4v) is 2.20. The summed E-state index contributed by atoms with van der Waals surface area (Å²) in [5, 5.41) is 14.0. The first-order chi connectivity index (χ1) is 9.15. The molecule has 0 radical (unpaired) electrons. The van der Waals surface area contributed by atoms with Crippen molar-refractivity contribution in [3.63, 3.8) is 0 Å². The van der Waals surface area contributed by atoms with Crippen LogP contribution in [0.5, 0.6) is 0 Å². The molecule has 3 rings (SSSR count). The van der Waals surface area contributed by atoms with E-state index in [-0.39, 0.29) is 6.42 Å². The Labute approximate surface area is 109 Å². The van der Waals surface area contributed by atoms with Crippen LogP contribution >= 0.6 is 0 Å². The Balaban J connectivity index is 2.11. The number of hydrogen-bond acceptors (Lipinski definition) is 3. The molecule has 0 saturated carbocycles. The van der Waals surface area contributed by atoms with Crippen LogP contribution in [0.1, 0.15) is 5.69 Å². The Kier molecular flexibility index (Phi) is 2.59. The van der Waals surface area contributed by atoms with Crippen LogP contribution < -0.4 is 0 Å². The SMILES string of the molecule is Cn1nc(CC(=O)O)cc1-c1coc2ccccc12. The van der Waals surface area contributed by atoms with Gasteiger partial charge in [-0.3, -0.25) is 9.48 Å². The Bertz CT molecular complexity index is 755. The van der Waals surface area contributed by atoms with Gasteiger partial charge in [-0.15, -0.1) is 0 Å². The Morgan fingerprint density at radius 2 is 2.21 bits per heavy atom. The van der Waals surface area contributed by atoms with Crippen molar-refractivity contribution >= 4 is 16.9 Å². The lowest BCUT2D eigenvalue weighted by Gasteiger charge is -1.97. The highest BCUT2D eigenvalue weighted by Gasteiger charge is 2.14. The average molecular weight is 256 g/mol. The molecule has 0 fully saturated rings. The lowest BCUT2D eigenvalue weighted by atomic mass is 10.1. The summed E-state index contributed by atoms with van der Waals surface area (Å²) in [6.45, 7) is 0. The molecule has 0 spiro atoms. The lowest BCUT2D eigenvalue weighted by molar-refractivity contribution is -0.136. The van der Waals surface area contributed by atoms with Crippen LogP contribution in [-0.4, -0.2) is 20.9 Å². The molecule has 0 aliphatic carbocycles.